The Labute approximate surface area is 832 Å². The third-order valence-corrected chi connectivity index (χ3v) is 31.9. The summed E-state index contributed by atoms with van der Waals surface area (Å²) in [5, 5.41) is 36.4. The maximum atomic E-state index is 16.1. The molecule has 139 heavy (non-hydrogen) atoms. The van der Waals surface area contributed by atoms with Crippen molar-refractivity contribution in [1.29, 1.82) is 0 Å². The summed E-state index contributed by atoms with van der Waals surface area (Å²) in [4.78, 5) is 64.9. The number of benzene rings is 9. The number of aromatic amines is 2. The molecule has 7 aromatic heterocycles. The molecule has 5 saturated heterocycles. The Hall–Kier alpha value is -12.5. The first kappa shape index (κ1) is 96.8. The van der Waals surface area contributed by atoms with Crippen LogP contribution in [0.3, 0.4) is 0 Å². The summed E-state index contributed by atoms with van der Waals surface area (Å²) in [5.74, 6) is -3.40. The number of sulfone groups is 1. The molecule has 26 nitrogen and oxygen atoms in total. The second-order valence-electron chi connectivity index (χ2n) is 33.6. The first-order chi connectivity index (χ1) is 67.7. The van der Waals surface area contributed by atoms with Crippen LogP contribution in [-0.4, -0.2) is 216 Å². The molecule has 5 fully saturated rings. The number of fused-ring (bicyclic) bond motifs is 4. The van der Waals surface area contributed by atoms with Gasteiger partial charge in [-0.15, -0.1) is 34.0 Å². The van der Waals surface area contributed by atoms with Crippen LogP contribution in [0.5, 0.6) is 0 Å². The number of carbonyl (C=O) groups excluding carboxylic acids is 2. The number of carbonyl (C=O) groups is 2. The van der Waals surface area contributed by atoms with E-state index in [1.54, 1.807) is 54.9 Å². The zero-order valence-electron chi connectivity index (χ0n) is 75.9. The predicted molar refractivity (Wildman–Crippen MR) is 556 cm³/mol. The van der Waals surface area contributed by atoms with Gasteiger partial charge in [0, 0.05) is 110 Å². The third-order valence-electron chi connectivity index (χ3n) is 24.1. The SMILES string of the molecule is C1=NN=C(c2sc(N3CCOCC3)cc2Cc2ccc3ccccc3c2)C1.CC(=O)c1sc(N2CCOCC2)nc1Cc1ccc2ccccc2c1.[C-]#[N+]c1c(N2CCOCC2)sc(-c2ncn[nH]2)c1C(F)(F)c1ccc2ccccc2c1.[C-]#[N+]c1c(N2CCOCC2)sc(C(=O)CS(C)(=O)=O)c1Cc1ccc(Cl)c(Cl)c1.c1ccc2cc(Cc3nc(N4CCOCC4)sc3-c3ncn[nH]3)ccc2c1. The van der Waals surface area contributed by atoms with Crippen LogP contribution in [-0.2, 0) is 65.1 Å². The summed E-state index contributed by atoms with van der Waals surface area (Å²) < 4.78 is 82.7. The highest BCUT2D eigenvalue weighted by molar-refractivity contribution is 7.91. The normalized spacial score (nSPS) is 15.1. The summed E-state index contributed by atoms with van der Waals surface area (Å²) in [6.45, 7) is 31.3. The van der Waals surface area contributed by atoms with Crippen molar-refractivity contribution in [2.24, 2.45) is 10.2 Å². The smallest absolute Gasteiger partial charge is 0.291 e. The van der Waals surface area contributed by atoms with Crippen LogP contribution in [0.15, 0.2) is 217 Å². The summed E-state index contributed by atoms with van der Waals surface area (Å²) in [6.07, 6.45) is 9.21. The van der Waals surface area contributed by atoms with Crippen molar-refractivity contribution in [2.45, 2.75) is 45.0 Å². The quantitative estimate of drug-likeness (QED) is 0.0471. The average molecular weight is 2020 g/mol. The molecule has 0 saturated carbocycles. The maximum absolute atomic E-state index is 16.1. The summed E-state index contributed by atoms with van der Waals surface area (Å²) >= 11 is 19.4. The number of H-pyrrole nitrogens is 2. The van der Waals surface area contributed by atoms with Gasteiger partial charge >= 0.3 is 0 Å². The van der Waals surface area contributed by atoms with Crippen molar-refractivity contribution in [1.82, 2.24) is 40.3 Å². The van der Waals surface area contributed by atoms with E-state index in [1.807, 2.05) is 57.7 Å². The lowest BCUT2D eigenvalue weighted by atomic mass is 9.96. The van der Waals surface area contributed by atoms with E-state index in [9.17, 15) is 18.0 Å². The molecule has 0 spiro atoms. The lowest BCUT2D eigenvalue weighted by Gasteiger charge is -2.28. The highest BCUT2D eigenvalue weighted by Crippen LogP contribution is 2.55. The maximum Gasteiger partial charge on any atom is 0.291 e. The van der Waals surface area contributed by atoms with Gasteiger partial charge in [-0.05, 0) is 114 Å². The number of Topliss-reactive ketones (excluding diaryl/α,β-unsaturated/α-hetero) is 2. The topological polar surface area (TPSA) is 273 Å². The van der Waals surface area contributed by atoms with Crippen LogP contribution < -0.4 is 24.5 Å². The summed E-state index contributed by atoms with van der Waals surface area (Å²) in [7, 11) is -3.50. The minimum Gasteiger partial charge on any atom is -0.378 e. The van der Waals surface area contributed by atoms with Crippen LogP contribution in [0.4, 0.5) is 45.4 Å². The molecule has 16 aromatic rings. The minimum absolute atomic E-state index is 0.0449. The second-order valence-corrected chi connectivity index (χ2v) is 41.6. The summed E-state index contributed by atoms with van der Waals surface area (Å²) in [5.41, 5.74) is 9.26. The van der Waals surface area contributed by atoms with Crippen LogP contribution in [0.2, 0.25) is 10.0 Å². The van der Waals surface area contributed by atoms with Gasteiger partial charge in [0.05, 0.1) is 151 Å². The molecule has 0 aliphatic carbocycles. The monoisotopic (exact) mass is 2010 g/mol. The molecule has 0 amide bonds. The van der Waals surface area contributed by atoms with Gasteiger partial charge in [-0.25, -0.2) is 38.0 Å². The largest absolute Gasteiger partial charge is 0.378 e. The van der Waals surface area contributed by atoms with Gasteiger partial charge in [-0.3, -0.25) is 19.8 Å². The zero-order chi connectivity index (χ0) is 95.9. The number of rotatable bonds is 22. The molecule has 2 N–H and O–H groups in total. The fourth-order valence-electron chi connectivity index (χ4n) is 17.2. The van der Waals surface area contributed by atoms with Gasteiger partial charge in [-0.1, -0.05) is 216 Å². The number of ketones is 2. The Kier molecular flexibility index (Phi) is 31.2. The molecule has 0 radical (unpaired) electrons. The van der Waals surface area contributed by atoms with Crippen molar-refractivity contribution >= 4 is 193 Å². The van der Waals surface area contributed by atoms with E-state index in [-0.39, 0.29) is 39.7 Å². The van der Waals surface area contributed by atoms with Gasteiger partial charge in [0.1, 0.15) is 18.4 Å². The standard InChI is InChI=1S/C22H17F2N5OS.C22H21N3OS.C20H19N5OS.C20H20N2O2S.C19H18Cl2N2O4S2/c1-25-18-17(22(23,24)16-7-6-14-4-2-3-5-15(14)12-16)19(20-26-13-27-28-20)31-21(18)29-8-10-30-11-9-29;1-2-4-18-13-16(5-6-17(18)3-1)14-19-15-21(25-9-11-26-12-10-25)27-22(19)20-7-8-23-24-20;1-2-4-16-11-14(5-6-15(16)3-1)12-17-18(19-21-13-22-24-19)27-20(23-17)25-7-9-26-10-8-25;1-14(23)19-18(21-20(25-19)22-8-10-24-11-9-22)13-15-6-7-16-4-2-3-5-17(16)12-15;1-22-17-13(9-12-3-4-14(20)15(21)10-12)18(16(24)11-29(2,25)26)28-19(17)23-5-7-27-8-6-23/h2-7,12-13H,8-11H2,(H,26,27,28);1-6,8,13,15H,7,9-12,14H2;1-6,11,13H,7-10,12H2,(H,21,22,24);2-7,12H,8-11,13H2,1H3;3-4,10H,5-9,11H2,2H3. The van der Waals surface area contributed by atoms with Crippen LogP contribution in [0, 0.1) is 13.1 Å². The number of halogens is 4. The van der Waals surface area contributed by atoms with Crippen molar-refractivity contribution < 1.29 is 50.5 Å². The van der Waals surface area contributed by atoms with Crippen LogP contribution in [0.25, 0.3) is 74.2 Å². The third kappa shape index (κ3) is 23.3. The second kappa shape index (κ2) is 44.8. The van der Waals surface area contributed by atoms with E-state index < -0.39 is 27.3 Å². The van der Waals surface area contributed by atoms with E-state index in [2.05, 4.69) is 186 Å². The Morgan fingerprint density at radius 2 is 0.914 bits per heavy atom. The molecule has 6 aliphatic rings. The van der Waals surface area contributed by atoms with Gasteiger partial charge < -0.3 is 48.2 Å². The first-order valence-corrected chi connectivity index (χ1v) is 52.2. The number of morpholine rings is 5. The van der Waals surface area contributed by atoms with Crippen molar-refractivity contribution in [3.63, 3.8) is 0 Å². The molecule has 0 unspecified atom stereocenters. The first-order valence-electron chi connectivity index (χ1n) is 45.3. The highest BCUT2D eigenvalue weighted by atomic mass is 35.5. The number of thiazole rings is 2. The number of alkyl halides is 2. The molecule has 13 heterocycles. The van der Waals surface area contributed by atoms with E-state index in [1.165, 1.54) is 106 Å². The molecule has 0 bridgehead atoms. The number of thiophene rings is 3. The van der Waals surface area contributed by atoms with Crippen molar-refractivity contribution in [2.75, 3.05) is 168 Å². The minimum atomic E-state index is -3.50. The lowest BCUT2D eigenvalue weighted by molar-refractivity contribution is 0.0448. The van der Waals surface area contributed by atoms with Gasteiger partial charge in [0.25, 0.3) is 5.92 Å². The lowest BCUT2D eigenvalue weighted by Crippen LogP contribution is -2.36. The molecule has 22 rings (SSSR count). The number of hydrogen-bond acceptors (Lipinski definition) is 27. The van der Waals surface area contributed by atoms with Gasteiger partial charge in [-0.2, -0.15) is 29.2 Å². The molecule has 9 aromatic carbocycles. The van der Waals surface area contributed by atoms with Gasteiger partial charge in [0.15, 0.2) is 43.3 Å². The fraction of sp³-hybridized carbons (Fsp3) is 0.282. The summed E-state index contributed by atoms with van der Waals surface area (Å²) in [6, 6.07) is 64.5. The molecular weight excluding hydrogens is 1920 g/mol. The zero-order valence-corrected chi connectivity index (χ0v) is 82.3. The van der Waals surface area contributed by atoms with E-state index in [4.69, 9.17) is 70.0 Å². The molecule has 36 heteroatoms. The molecule has 710 valence electrons. The number of ether oxygens (including phenoxy) is 5. The Balaban J connectivity index is 0.000000115. The van der Waals surface area contributed by atoms with Gasteiger partial charge in [0.2, 0.25) is 11.4 Å². The number of hydrogen-bond donors (Lipinski definition) is 2. The van der Waals surface area contributed by atoms with Crippen LogP contribution in [0.1, 0.15) is 93.5 Å². The molecule has 0 atom stereocenters. The number of aromatic nitrogens is 8. The predicted octanol–water partition coefficient (Wildman–Crippen LogP) is 21.4. The Morgan fingerprint density at radius 3 is 1.40 bits per heavy atom. The number of anilines is 5. The molecule has 6 aliphatic heterocycles. The molecular formula is C103H95Cl2F2N17O9S6. The van der Waals surface area contributed by atoms with Crippen LogP contribution >= 0.6 is 79.9 Å². The number of nitrogens with zero attached hydrogens (tertiary/aromatic N) is 15. The van der Waals surface area contributed by atoms with E-state index >= 15 is 8.78 Å². The van der Waals surface area contributed by atoms with Crippen molar-refractivity contribution in [3.05, 3.63) is 310 Å². The van der Waals surface area contributed by atoms with E-state index in [0.29, 0.717) is 101 Å². The Morgan fingerprint density at radius 1 is 0.468 bits per heavy atom. The number of nitrogens with one attached hydrogen (secondary N) is 2. The van der Waals surface area contributed by atoms with E-state index in [0.717, 1.165) is 170 Å². The van der Waals surface area contributed by atoms with Crippen molar-refractivity contribution in [3.8, 4) is 21.4 Å². The highest BCUT2D eigenvalue weighted by Gasteiger charge is 2.44. The fourth-order valence-corrected chi connectivity index (χ4v) is 24.0. The average Bonchev–Trinajstić information content (AvgIpc) is 1.59. The Bertz CT molecular complexity index is 7370.